The zero-order valence-corrected chi connectivity index (χ0v) is 11.7. The third-order valence-electron chi connectivity index (χ3n) is 3.39. The molecule has 0 aromatic heterocycles. The Bertz CT molecular complexity index is 403. The average molecular weight is 324 g/mol. The van der Waals surface area contributed by atoms with Crippen LogP contribution < -0.4 is 0 Å². The summed E-state index contributed by atoms with van der Waals surface area (Å²) in [5, 5.41) is -0.430. The van der Waals surface area contributed by atoms with E-state index in [9.17, 15) is 8.78 Å². The van der Waals surface area contributed by atoms with E-state index in [1.54, 1.807) is 0 Å². The number of halogens is 4. The van der Waals surface area contributed by atoms with Crippen molar-refractivity contribution in [3.63, 3.8) is 0 Å². The van der Waals surface area contributed by atoms with Gasteiger partial charge in [0.1, 0.15) is 11.6 Å². The Morgan fingerprint density at radius 1 is 1.24 bits per heavy atom. The van der Waals surface area contributed by atoms with Gasteiger partial charge in [0.2, 0.25) is 0 Å². The molecule has 1 aromatic rings. The van der Waals surface area contributed by atoms with E-state index in [0.29, 0.717) is 5.92 Å². The fraction of sp³-hybridized carbons (Fsp3) is 0.538. The van der Waals surface area contributed by atoms with Crippen molar-refractivity contribution in [3.8, 4) is 0 Å². The molecule has 0 amide bonds. The summed E-state index contributed by atoms with van der Waals surface area (Å²) in [5.41, 5.74) is 0.277. The van der Waals surface area contributed by atoms with Gasteiger partial charge in [-0.25, -0.2) is 8.78 Å². The molecule has 1 aliphatic carbocycles. The minimum absolute atomic E-state index is 0.142. The quantitative estimate of drug-likeness (QED) is 0.502. The van der Waals surface area contributed by atoms with Gasteiger partial charge in [-0.05, 0) is 40.4 Å². The highest BCUT2D eigenvalue weighted by Crippen LogP contribution is 2.37. The van der Waals surface area contributed by atoms with Gasteiger partial charge < -0.3 is 0 Å². The van der Waals surface area contributed by atoms with Crippen LogP contribution >= 0.6 is 27.5 Å². The predicted molar refractivity (Wildman–Crippen MR) is 69.2 cm³/mol. The Labute approximate surface area is 113 Å². The van der Waals surface area contributed by atoms with Crippen molar-refractivity contribution < 1.29 is 8.78 Å². The molecule has 94 valence electrons. The predicted octanol–water partition coefficient (Wildman–Crippen LogP) is 5.59. The van der Waals surface area contributed by atoms with Crippen LogP contribution in [0.4, 0.5) is 8.78 Å². The number of alkyl halides is 1. The van der Waals surface area contributed by atoms with Gasteiger partial charge in [-0.1, -0.05) is 25.7 Å². The van der Waals surface area contributed by atoms with Crippen LogP contribution in [0.15, 0.2) is 16.6 Å². The van der Waals surface area contributed by atoms with Crippen LogP contribution in [0.25, 0.3) is 0 Å². The van der Waals surface area contributed by atoms with E-state index < -0.39 is 17.0 Å². The van der Waals surface area contributed by atoms with Crippen molar-refractivity contribution in [2.24, 2.45) is 5.92 Å². The fourth-order valence-corrected chi connectivity index (χ4v) is 3.18. The molecule has 1 saturated carbocycles. The van der Waals surface area contributed by atoms with Crippen LogP contribution in [0.2, 0.25) is 0 Å². The maximum Gasteiger partial charge on any atom is 0.137 e. The van der Waals surface area contributed by atoms with Crippen molar-refractivity contribution in [1.29, 1.82) is 0 Å². The summed E-state index contributed by atoms with van der Waals surface area (Å²) in [7, 11) is 0. The van der Waals surface area contributed by atoms with E-state index in [1.165, 1.54) is 18.9 Å². The van der Waals surface area contributed by atoms with Crippen molar-refractivity contribution >= 4 is 27.5 Å². The Morgan fingerprint density at radius 3 is 2.53 bits per heavy atom. The molecule has 0 nitrogen and oxygen atoms in total. The lowest BCUT2D eigenvalue weighted by molar-refractivity contribution is 0.483. The number of hydrogen-bond donors (Lipinski definition) is 0. The average Bonchev–Trinajstić information content (AvgIpc) is 2.76. The SMILES string of the molecule is Fc1cc(C(Cl)CC2CCCC2)c(F)cc1Br. The molecule has 0 saturated heterocycles. The van der Waals surface area contributed by atoms with E-state index in [-0.39, 0.29) is 10.0 Å². The Hall–Kier alpha value is -0.150. The van der Waals surface area contributed by atoms with Crippen LogP contribution in [0.1, 0.15) is 43.0 Å². The van der Waals surface area contributed by atoms with Crippen molar-refractivity contribution in [2.75, 3.05) is 0 Å². The zero-order valence-electron chi connectivity index (χ0n) is 9.36. The smallest absolute Gasteiger partial charge is 0.137 e. The second-order valence-corrected chi connectivity index (χ2v) is 6.02. The van der Waals surface area contributed by atoms with Crippen molar-refractivity contribution in [2.45, 2.75) is 37.5 Å². The maximum absolute atomic E-state index is 13.7. The molecule has 0 radical (unpaired) electrons. The van der Waals surface area contributed by atoms with Crippen molar-refractivity contribution in [3.05, 3.63) is 33.8 Å². The highest BCUT2D eigenvalue weighted by molar-refractivity contribution is 9.10. The molecule has 0 aliphatic heterocycles. The van der Waals surface area contributed by atoms with Crippen LogP contribution in [0.3, 0.4) is 0 Å². The first-order chi connectivity index (χ1) is 8.08. The lowest BCUT2D eigenvalue weighted by Gasteiger charge is -2.15. The first kappa shape index (κ1) is 13.3. The van der Waals surface area contributed by atoms with Gasteiger partial charge in [-0.2, -0.15) is 0 Å². The lowest BCUT2D eigenvalue weighted by atomic mass is 9.97. The molecule has 0 N–H and O–H groups in total. The van der Waals surface area contributed by atoms with Gasteiger partial charge in [0, 0.05) is 5.56 Å². The Kier molecular flexibility index (Phi) is 4.42. The monoisotopic (exact) mass is 322 g/mol. The second kappa shape index (κ2) is 5.66. The third kappa shape index (κ3) is 3.19. The molecule has 1 unspecified atom stereocenters. The maximum atomic E-state index is 13.7. The first-order valence-electron chi connectivity index (χ1n) is 5.86. The van der Waals surface area contributed by atoms with E-state index in [4.69, 9.17) is 11.6 Å². The molecule has 17 heavy (non-hydrogen) atoms. The second-order valence-electron chi connectivity index (χ2n) is 4.64. The molecule has 0 heterocycles. The van der Waals surface area contributed by atoms with Gasteiger partial charge in [-0.3, -0.25) is 0 Å². The fourth-order valence-electron chi connectivity index (χ4n) is 2.44. The van der Waals surface area contributed by atoms with E-state index in [1.807, 2.05) is 0 Å². The minimum Gasteiger partial charge on any atom is -0.207 e. The first-order valence-corrected chi connectivity index (χ1v) is 7.09. The number of benzene rings is 1. The summed E-state index contributed by atoms with van der Waals surface area (Å²) in [4.78, 5) is 0. The van der Waals surface area contributed by atoms with E-state index in [0.717, 1.165) is 25.3 Å². The normalized spacial score (nSPS) is 18.6. The molecular formula is C13H14BrClF2. The molecule has 2 rings (SSSR count). The van der Waals surface area contributed by atoms with Gasteiger partial charge in [0.25, 0.3) is 0 Å². The third-order valence-corrected chi connectivity index (χ3v) is 4.41. The molecule has 1 atom stereocenters. The molecule has 1 fully saturated rings. The minimum atomic E-state index is -0.460. The van der Waals surface area contributed by atoms with E-state index in [2.05, 4.69) is 15.9 Å². The van der Waals surface area contributed by atoms with Crippen LogP contribution in [-0.2, 0) is 0 Å². The Balaban J connectivity index is 2.12. The number of rotatable bonds is 3. The number of hydrogen-bond acceptors (Lipinski definition) is 0. The Morgan fingerprint density at radius 2 is 1.88 bits per heavy atom. The van der Waals surface area contributed by atoms with Gasteiger partial charge >= 0.3 is 0 Å². The van der Waals surface area contributed by atoms with Gasteiger partial charge in [-0.15, -0.1) is 11.6 Å². The standard InChI is InChI=1S/C13H14BrClF2/c14-10-7-12(16)9(6-13(10)17)11(15)5-8-3-1-2-4-8/h6-8,11H,1-5H2. The summed E-state index contributed by atoms with van der Waals surface area (Å²) in [5.74, 6) is -0.335. The highest BCUT2D eigenvalue weighted by Gasteiger charge is 2.22. The zero-order chi connectivity index (χ0) is 12.4. The van der Waals surface area contributed by atoms with Gasteiger partial charge in [0.15, 0.2) is 0 Å². The summed E-state index contributed by atoms with van der Waals surface area (Å²) in [6, 6.07) is 2.35. The van der Waals surface area contributed by atoms with Crippen LogP contribution in [0, 0.1) is 17.6 Å². The summed E-state index contributed by atoms with van der Waals surface area (Å²) in [6.07, 6.45) is 5.50. The molecule has 0 bridgehead atoms. The van der Waals surface area contributed by atoms with Crippen LogP contribution in [0.5, 0.6) is 0 Å². The molecule has 0 spiro atoms. The molecular weight excluding hydrogens is 309 g/mol. The largest absolute Gasteiger partial charge is 0.207 e. The highest BCUT2D eigenvalue weighted by atomic mass is 79.9. The van der Waals surface area contributed by atoms with E-state index >= 15 is 0 Å². The van der Waals surface area contributed by atoms with Crippen molar-refractivity contribution in [1.82, 2.24) is 0 Å². The van der Waals surface area contributed by atoms with Crippen LogP contribution in [-0.4, -0.2) is 0 Å². The van der Waals surface area contributed by atoms with Gasteiger partial charge in [0.05, 0.1) is 9.85 Å². The summed E-state index contributed by atoms with van der Waals surface area (Å²) in [6.45, 7) is 0. The summed E-state index contributed by atoms with van der Waals surface area (Å²) < 4.78 is 27.2. The summed E-state index contributed by atoms with van der Waals surface area (Å²) >= 11 is 9.15. The molecule has 1 aliphatic rings. The molecule has 1 aromatic carbocycles. The molecule has 4 heteroatoms. The topological polar surface area (TPSA) is 0 Å². The lowest BCUT2D eigenvalue weighted by Crippen LogP contribution is -2.03.